The Kier molecular flexibility index (Phi) is 5.37. The molecule has 31 heavy (non-hydrogen) atoms. The maximum absolute atomic E-state index is 9.22. The molecule has 0 spiro atoms. The van der Waals surface area contributed by atoms with Crippen molar-refractivity contribution >= 4 is 5.82 Å². The SMILES string of the molecule is Cc1cc(Oc2cc(-n3ncc(C#N)c3N)nc(-c3ccccc3)n2)cc(C(C)C)c1. The third-order valence-corrected chi connectivity index (χ3v) is 4.83. The van der Waals surface area contributed by atoms with Gasteiger partial charge in [-0.3, -0.25) is 0 Å². The summed E-state index contributed by atoms with van der Waals surface area (Å²) in [5.74, 6) is 2.52. The topological polar surface area (TPSA) is 103 Å². The minimum atomic E-state index is 0.212. The smallest absolute Gasteiger partial charge is 0.225 e. The molecule has 0 bridgehead atoms. The van der Waals surface area contributed by atoms with Crippen molar-refractivity contribution in [1.82, 2.24) is 19.7 Å². The summed E-state index contributed by atoms with van der Waals surface area (Å²) < 4.78 is 7.56. The first-order valence-electron chi connectivity index (χ1n) is 9.92. The number of ether oxygens (including phenoxy) is 1. The average Bonchev–Trinajstić information content (AvgIpc) is 3.14. The molecule has 4 aromatic rings. The predicted octanol–water partition coefficient (Wildman–Crippen LogP) is 5.01. The summed E-state index contributed by atoms with van der Waals surface area (Å²) in [5, 5.41) is 13.4. The highest BCUT2D eigenvalue weighted by molar-refractivity contribution is 5.58. The number of aryl methyl sites for hydroxylation is 1. The molecule has 2 N–H and O–H groups in total. The molecule has 7 heteroatoms. The lowest BCUT2D eigenvalue weighted by molar-refractivity contribution is 0.460. The van der Waals surface area contributed by atoms with Gasteiger partial charge in [-0.25, -0.2) is 4.98 Å². The van der Waals surface area contributed by atoms with E-state index >= 15 is 0 Å². The monoisotopic (exact) mass is 410 g/mol. The first-order valence-corrected chi connectivity index (χ1v) is 9.92. The van der Waals surface area contributed by atoms with Crippen molar-refractivity contribution in [2.45, 2.75) is 26.7 Å². The minimum Gasteiger partial charge on any atom is -0.439 e. The van der Waals surface area contributed by atoms with Crippen LogP contribution in [0.3, 0.4) is 0 Å². The lowest BCUT2D eigenvalue weighted by atomic mass is 10.0. The normalized spacial score (nSPS) is 10.8. The lowest BCUT2D eigenvalue weighted by Gasteiger charge is -2.13. The van der Waals surface area contributed by atoms with Crippen molar-refractivity contribution in [3.05, 3.63) is 77.5 Å². The van der Waals surface area contributed by atoms with Gasteiger partial charge in [0.2, 0.25) is 5.88 Å². The van der Waals surface area contributed by atoms with Crippen LogP contribution in [0.2, 0.25) is 0 Å². The summed E-state index contributed by atoms with van der Waals surface area (Å²) >= 11 is 0. The lowest BCUT2D eigenvalue weighted by Crippen LogP contribution is -2.07. The van der Waals surface area contributed by atoms with Crippen molar-refractivity contribution < 1.29 is 4.74 Å². The summed E-state index contributed by atoms with van der Waals surface area (Å²) in [6, 6.07) is 19.4. The Bertz CT molecular complexity index is 1270. The fourth-order valence-electron chi connectivity index (χ4n) is 3.21. The molecule has 0 unspecified atom stereocenters. The molecule has 154 valence electrons. The molecular formula is C24H22N6O. The van der Waals surface area contributed by atoms with Gasteiger partial charge in [0, 0.05) is 11.6 Å². The van der Waals surface area contributed by atoms with Crippen LogP contribution in [-0.4, -0.2) is 19.7 Å². The zero-order valence-corrected chi connectivity index (χ0v) is 17.6. The number of nitriles is 1. The molecule has 0 amide bonds. The van der Waals surface area contributed by atoms with Crippen molar-refractivity contribution in [3.63, 3.8) is 0 Å². The van der Waals surface area contributed by atoms with Crippen LogP contribution >= 0.6 is 0 Å². The van der Waals surface area contributed by atoms with Gasteiger partial charge in [-0.05, 0) is 36.1 Å². The van der Waals surface area contributed by atoms with E-state index in [2.05, 4.69) is 35.0 Å². The zero-order chi connectivity index (χ0) is 22.0. The highest BCUT2D eigenvalue weighted by atomic mass is 16.5. The number of benzene rings is 2. The van der Waals surface area contributed by atoms with Gasteiger partial charge in [0.25, 0.3) is 0 Å². The number of nitrogens with zero attached hydrogens (tertiary/aromatic N) is 5. The van der Waals surface area contributed by atoms with Gasteiger partial charge in [-0.2, -0.15) is 20.0 Å². The van der Waals surface area contributed by atoms with Gasteiger partial charge in [0.15, 0.2) is 11.6 Å². The number of rotatable bonds is 5. The van der Waals surface area contributed by atoms with E-state index in [-0.39, 0.29) is 11.4 Å². The Balaban J connectivity index is 1.82. The third kappa shape index (κ3) is 4.23. The van der Waals surface area contributed by atoms with Crippen LogP contribution in [0.1, 0.15) is 36.5 Å². The summed E-state index contributed by atoms with van der Waals surface area (Å²) in [6.45, 7) is 6.32. The van der Waals surface area contributed by atoms with E-state index in [9.17, 15) is 5.26 Å². The van der Waals surface area contributed by atoms with Crippen LogP contribution in [-0.2, 0) is 0 Å². The predicted molar refractivity (Wildman–Crippen MR) is 119 cm³/mol. The van der Waals surface area contributed by atoms with Gasteiger partial charge < -0.3 is 10.5 Å². The number of nitrogen functional groups attached to an aromatic ring is 1. The second-order valence-electron chi connectivity index (χ2n) is 7.56. The van der Waals surface area contributed by atoms with E-state index in [0.717, 1.165) is 11.1 Å². The van der Waals surface area contributed by atoms with E-state index < -0.39 is 0 Å². The first-order chi connectivity index (χ1) is 14.9. The molecule has 7 nitrogen and oxygen atoms in total. The van der Waals surface area contributed by atoms with E-state index in [4.69, 9.17) is 10.5 Å². The summed E-state index contributed by atoms with van der Waals surface area (Å²) in [5.41, 5.74) is 9.48. The number of aromatic nitrogens is 4. The van der Waals surface area contributed by atoms with Gasteiger partial charge in [0.05, 0.1) is 6.20 Å². The van der Waals surface area contributed by atoms with Gasteiger partial charge >= 0.3 is 0 Å². The van der Waals surface area contributed by atoms with Crippen LogP contribution < -0.4 is 10.5 Å². The third-order valence-electron chi connectivity index (χ3n) is 4.83. The van der Waals surface area contributed by atoms with Crippen molar-refractivity contribution in [3.8, 4) is 34.9 Å². The number of hydrogen-bond donors (Lipinski definition) is 1. The fraction of sp³-hybridized carbons (Fsp3) is 0.167. The van der Waals surface area contributed by atoms with Crippen LogP contribution in [0, 0.1) is 18.3 Å². The fourth-order valence-corrected chi connectivity index (χ4v) is 3.21. The Labute approximate surface area is 180 Å². The molecule has 2 aromatic carbocycles. The van der Waals surface area contributed by atoms with E-state index in [0.29, 0.717) is 29.2 Å². The standard InChI is InChI=1S/C24H22N6O/c1-15(2)18-9-16(3)10-20(11-18)31-22-12-21(30-23(26)19(13-25)14-27-30)28-24(29-22)17-7-5-4-6-8-17/h4-12,14-15H,26H2,1-3H3. The zero-order valence-electron chi connectivity index (χ0n) is 17.6. The molecule has 0 radical (unpaired) electrons. The molecule has 2 aromatic heterocycles. The Morgan fingerprint density at radius 1 is 1.06 bits per heavy atom. The van der Waals surface area contributed by atoms with Crippen molar-refractivity contribution in [2.75, 3.05) is 5.73 Å². The summed E-state index contributed by atoms with van der Waals surface area (Å²) in [7, 11) is 0. The number of hydrogen-bond acceptors (Lipinski definition) is 6. The number of anilines is 1. The molecule has 0 saturated heterocycles. The van der Waals surface area contributed by atoms with Crippen LogP contribution in [0.5, 0.6) is 11.6 Å². The Morgan fingerprint density at radius 3 is 2.52 bits per heavy atom. The van der Waals surface area contributed by atoms with Crippen LogP contribution in [0.15, 0.2) is 60.8 Å². The Hall–Kier alpha value is -4.18. The van der Waals surface area contributed by atoms with E-state index in [1.165, 1.54) is 16.4 Å². The average molecular weight is 410 g/mol. The highest BCUT2D eigenvalue weighted by Crippen LogP contribution is 2.29. The quantitative estimate of drug-likeness (QED) is 0.496. The second-order valence-corrected chi connectivity index (χ2v) is 7.56. The summed E-state index contributed by atoms with van der Waals surface area (Å²) in [6.07, 6.45) is 1.41. The van der Waals surface area contributed by atoms with Gasteiger partial charge in [-0.15, -0.1) is 0 Å². The molecular weight excluding hydrogens is 388 g/mol. The molecule has 0 fully saturated rings. The highest BCUT2D eigenvalue weighted by Gasteiger charge is 2.15. The molecule has 0 aliphatic carbocycles. The van der Waals surface area contributed by atoms with E-state index in [1.807, 2.05) is 55.5 Å². The van der Waals surface area contributed by atoms with Crippen molar-refractivity contribution in [2.24, 2.45) is 0 Å². The maximum Gasteiger partial charge on any atom is 0.225 e. The van der Waals surface area contributed by atoms with Crippen LogP contribution in [0.4, 0.5) is 5.82 Å². The van der Waals surface area contributed by atoms with E-state index in [1.54, 1.807) is 6.07 Å². The second kappa shape index (κ2) is 8.28. The first kappa shape index (κ1) is 20.1. The van der Waals surface area contributed by atoms with Gasteiger partial charge in [0.1, 0.15) is 23.2 Å². The largest absolute Gasteiger partial charge is 0.439 e. The number of nitrogens with two attached hydrogens (primary N) is 1. The minimum absolute atomic E-state index is 0.212. The molecule has 0 aliphatic rings. The molecule has 4 rings (SSSR count). The summed E-state index contributed by atoms with van der Waals surface area (Å²) in [4.78, 5) is 9.21. The maximum atomic E-state index is 9.22. The molecule has 0 atom stereocenters. The molecule has 0 saturated carbocycles. The van der Waals surface area contributed by atoms with Crippen molar-refractivity contribution in [1.29, 1.82) is 5.26 Å². The molecule has 2 heterocycles. The Morgan fingerprint density at radius 2 is 1.84 bits per heavy atom. The van der Waals surface area contributed by atoms with Crippen LogP contribution in [0.25, 0.3) is 17.2 Å². The van der Waals surface area contributed by atoms with Gasteiger partial charge in [-0.1, -0.05) is 50.2 Å². The molecule has 0 aliphatic heterocycles.